The fourth-order valence-electron chi connectivity index (χ4n) is 2.95. The molecule has 0 aromatic carbocycles. The minimum absolute atomic E-state index is 0.00909. The zero-order valence-electron chi connectivity index (χ0n) is 14.8. The molecule has 0 unspecified atom stereocenters. The number of anilines is 1. The summed E-state index contributed by atoms with van der Waals surface area (Å²) >= 11 is 1.64. The van der Waals surface area contributed by atoms with Crippen LogP contribution in [0.25, 0.3) is 0 Å². The maximum Gasteiger partial charge on any atom is 0.266 e. The van der Waals surface area contributed by atoms with Crippen molar-refractivity contribution in [2.45, 2.75) is 52.5 Å². The van der Waals surface area contributed by atoms with E-state index in [0.29, 0.717) is 12.5 Å². The maximum atomic E-state index is 12.1. The van der Waals surface area contributed by atoms with Crippen LogP contribution in [0.15, 0.2) is 16.9 Å². The molecule has 130 valence electrons. The fourth-order valence-corrected chi connectivity index (χ4v) is 3.68. The normalized spacial score (nSPS) is 16.6. The summed E-state index contributed by atoms with van der Waals surface area (Å²) in [6.45, 7) is 11.0. The van der Waals surface area contributed by atoms with Crippen LogP contribution in [0.1, 0.15) is 44.3 Å². The molecule has 1 aliphatic rings. The highest BCUT2D eigenvalue weighted by atomic mass is 32.1. The van der Waals surface area contributed by atoms with E-state index in [1.165, 1.54) is 0 Å². The second-order valence-electron chi connectivity index (χ2n) is 7.52. The quantitative estimate of drug-likeness (QED) is 0.854. The number of rotatable bonds is 3. The molecule has 24 heavy (non-hydrogen) atoms. The van der Waals surface area contributed by atoms with Gasteiger partial charge < -0.3 is 4.90 Å². The van der Waals surface area contributed by atoms with Crippen molar-refractivity contribution in [3.8, 4) is 0 Å². The number of hydrogen-bond donors (Lipinski definition) is 0. The Morgan fingerprint density at radius 2 is 1.92 bits per heavy atom. The van der Waals surface area contributed by atoms with Gasteiger partial charge in [-0.05, 0) is 31.7 Å². The zero-order valence-corrected chi connectivity index (χ0v) is 15.6. The van der Waals surface area contributed by atoms with E-state index in [0.717, 1.165) is 41.8 Å². The molecule has 0 bridgehead atoms. The van der Waals surface area contributed by atoms with Crippen molar-refractivity contribution in [3.63, 3.8) is 0 Å². The van der Waals surface area contributed by atoms with Crippen LogP contribution in [0, 0.1) is 12.8 Å². The number of nitrogens with zero attached hydrogens (tertiary/aromatic N) is 5. The van der Waals surface area contributed by atoms with E-state index >= 15 is 0 Å². The molecule has 7 heteroatoms. The highest BCUT2D eigenvalue weighted by Crippen LogP contribution is 2.26. The van der Waals surface area contributed by atoms with Crippen LogP contribution in [0.3, 0.4) is 0 Å². The maximum absolute atomic E-state index is 12.1. The average Bonchev–Trinajstić information content (AvgIpc) is 2.95. The summed E-state index contributed by atoms with van der Waals surface area (Å²) in [5, 5.41) is 14.9. The molecule has 3 heterocycles. The molecular weight excluding hydrogens is 322 g/mol. The lowest BCUT2D eigenvalue weighted by molar-refractivity contribution is 0.330. The Balaban J connectivity index is 1.65. The van der Waals surface area contributed by atoms with Crippen molar-refractivity contribution < 1.29 is 0 Å². The largest absolute Gasteiger partial charge is 0.347 e. The van der Waals surface area contributed by atoms with Gasteiger partial charge >= 0.3 is 0 Å². The zero-order chi connectivity index (χ0) is 17.3. The fraction of sp³-hybridized carbons (Fsp3) is 0.647. The smallest absolute Gasteiger partial charge is 0.266 e. The summed E-state index contributed by atoms with van der Waals surface area (Å²) in [6, 6.07) is 3.49. The van der Waals surface area contributed by atoms with Crippen LogP contribution in [0.2, 0.25) is 0 Å². The summed E-state index contributed by atoms with van der Waals surface area (Å²) in [5.74, 6) is 0.482. The van der Waals surface area contributed by atoms with Crippen LogP contribution < -0.4 is 10.5 Å². The highest BCUT2D eigenvalue weighted by Gasteiger charge is 2.23. The van der Waals surface area contributed by atoms with Crippen molar-refractivity contribution in [2.75, 3.05) is 18.0 Å². The molecule has 0 radical (unpaired) electrons. The van der Waals surface area contributed by atoms with Crippen molar-refractivity contribution in [1.82, 2.24) is 20.0 Å². The van der Waals surface area contributed by atoms with Gasteiger partial charge in [-0.2, -0.15) is 5.10 Å². The Labute approximate surface area is 146 Å². The SMILES string of the molecule is Cc1nnc(N2CCC(Cn3nc(C(C)(C)C)ccc3=O)CC2)s1. The lowest BCUT2D eigenvalue weighted by Crippen LogP contribution is -2.37. The predicted molar refractivity (Wildman–Crippen MR) is 96.8 cm³/mol. The van der Waals surface area contributed by atoms with Crippen molar-refractivity contribution in [1.29, 1.82) is 0 Å². The summed E-state index contributed by atoms with van der Waals surface area (Å²) in [4.78, 5) is 14.4. The third-order valence-corrected chi connectivity index (χ3v) is 5.37. The molecular formula is C17H25N5OS. The van der Waals surface area contributed by atoms with Crippen LogP contribution in [0.5, 0.6) is 0 Å². The first kappa shape index (κ1) is 17.1. The monoisotopic (exact) mass is 347 g/mol. The number of aromatic nitrogens is 4. The van der Waals surface area contributed by atoms with E-state index in [2.05, 4.69) is 41.0 Å². The van der Waals surface area contributed by atoms with Gasteiger partial charge in [-0.1, -0.05) is 32.1 Å². The van der Waals surface area contributed by atoms with E-state index in [4.69, 9.17) is 0 Å². The third-order valence-electron chi connectivity index (χ3n) is 4.47. The Bertz CT molecular complexity index is 753. The van der Waals surface area contributed by atoms with Gasteiger partial charge in [0.15, 0.2) is 0 Å². The van der Waals surface area contributed by atoms with Crippen molar-refractivity contribution in [3.05, 3.63) is 33.2 Å². The van der Waals surface area contributed by atoms with Gasteiger partial charge in [0.25, 0.3) is 5.56 Å². The van der Waals surface area contributed by atoms with Gasteiger partial charge in [-0.3, -0.25) is 4.79 Å². The molecule has 6 nitrogen and oxygen atoms in total. The first-order valence-corrected chi connectivity index (χ1v) is 9.28. The Morgan fingerprint density at radius 3 is 2.50 bits per heavy atom. The standard InChI is InChI=1S/C17H25N5OS/c1-12-18-19-16(24-12)21-9-7-13(8-10-21)11-22-15(23)6-5-14(20-22)17(2,3)4/h5-6,13H,7-11H2,1-4H3. The third kappa shape index (κ3) is 3.83. The minimum Gasteiger partial charge on any atom is -0.347 e. The summed E-state index contributed by atoms with van der Waals surface area (Å²) in [5.41, 5.74) is 0.906. The molecule has 2 aromatic heterocycles. The molecule has 0 N–H and O–H groups in total. The molecule has 3 rings (SSSR count). The van der Waals surface area contributed by atoms with E-state index in [9.17, 15) is 4.79 Å². The molecule has 0 atom stereocenters. The second-order valence-corrected chi connectivity index (χ2v) is 8.68. The predicted octanol–water partition coefficient (Wildman–Crippen LogP) is 2.62. The number of piperidine rings is 1. The first-order chi connectivity index (χ1) is 11.3. The Morgan fingerprint density at radius 1 is 1.21 bits per heavy atom. The number of aryl methyl sites for hydroxylation is 1. The molecule has 1 fully saturated rings. The van der Waals surface area contributed by atoms with Gasteiger partial charge in [0.05, 0.1) is 5.69 Å². The topological polar surface area (TPSA) is 63.9 Å². The van der Waals surface area contributed by atoms with Crippen molar-refractivity contribution >= 4 is 16.5 Å². The molecule has 0 spiro atoms. The van der Waals surface area contributed by atoms with Gasteiger partial charge in [0, 0.05) is 31.1 Å². The summed E-state index contributed by atoms with van der Waals surface area (Å²) < 4.78 is 1.65. The number of hydrogen-bond acceptors (Lipinski definition) is 6. The van der Waals surface area contributed by atoms with Gasteiger partial charge in [0.2, 0.25) is 5.13 Å². The van der Waals surface area contributed by atoms with Gasteiger partial charge in [-0.25, -0.2) is 4.68 Å². The van der Waals surface area contributed by atoms with Crippen LogP contribution in [0.4, 0.5) is 5.13 Å². The van der Waals surface area contributed by atoms with Crippen LogP contribution in [-0.2, 0) is 12.0 Å². The van der Waals surface area contributed by atoms with Crippen LogP contribution in [-0.4, -0.2) is 33.1 Å². The summed E-state index contributed by atoms with van der Waals surface area (Å²) in [6.07, 6.45) is 2.10. The molecule has 1 aliphatic heterocycles. The molecule has 1 saturated heterocycles. The first-order valence-electron chi connectivity index (χ1n) is 8.46. The van der Waals surface area contributed by atoms with Gasteiger partial charge in [0.1, 0.15) is 5.01 Å². The molecule has 0 amide bonds. The lowest BCUT2D eigenvalue weighted by Gasteiger charge is -2.31. The second kappa shape index (κ2) is 6.63. The van der Waals surface area contributed by atoms with Gasteiger partial charge in [-0.15, -0.1) is 10.2 Å². The molecule has 0 saturated carbocycles. The Hall–Kier alpha value is -1.76. The van der Waals surface area contributed by atoms with E-state index in [1.54, 1.807) is 22.1 Å². The van der Waals surface area contributed by atoms with E-state index in [1.807, 2.05) is 13.0 Å². The molecule has 0 aliphatic carbocycles. The van der Waals surface area contributed by atoms with Crippen molar-refractivity contribution in [2.24, 2.45) is 5.92 Å². The van der Waals surface area contributed by atoms with E-state index in [-0.39, 0.29) is 11.0 Å². The summed E-state index contributed by atoms with van der Waals surface area (Å²) in [7, 11) is 0. The molecule has 2 aromatic rings. The van der Waals surface area contributed by atoms with Crippen LogP contribution >= 0.6 is 11.3 Å². The lowest BCUT2D eigenvalue weighted by atomic mass is 9.92. The highest BCUT2D eigenvalue weighted by molar-refractivity contribution is 7.15. The average molecular weight is 347 g/mol. The Kier molecular flexibility index (Phi) is 4.71. The van der Waals surface area contributed by atoms with E-state index < -0.39 is 0 Å². The minimum atomic E-state index is -0.0471.